The molecule has 1 aliphatic carbocycles. The molecule has 0 atom stereocenters. The summed E-state index contributed by atoms with van der Waals surface area (Å²) in [5.41, 5.74) is 2.02. The molecule has 0 fully saturated rings. The molecule has 0 saturated heterocycles. The van der Waals surface area contributed by atoms with Gasteiger partial charge >= 0.3 is 0 Å². The number of nitrogens with zero attached hydrogens (tertiary/aromatic N) is 1. The highest BCUT2D eigenvalue weighted by Crippen LogP contribution is 2.24. The Labute approximate surface area is 137 Å². The normalized spacial score (nSPS) is 16.0. The molecule has 0 bridgehead atoms. The number of Topliss-reactive ketones (excluding diaryl/α,β-unsaturated/α-hetero) is 2. The Morgan fingerprint density at radius 3 is 2.41 bits per heavy atom. The van der Waals surface area contributed by atoms with Crippen molar-refractivity contribution in [3.05, 3.63) is 69.2 Å². The maximum Gasteiger partial charge on any atom is 0.207 e. The lowest BCUT2D eigenvalue weighted by molar-refractivity contribution is 0.0964. The number of carbonyl (C=O) groups excluding carboxylic acids is 2. The van der Waals surface area contributed by atoms with Gasteiger partial charge in [0.05, 0.1) is 28.7 Å². The zero-order valence-corrected chi connectivity index (χ0v) is 13.0. The number of ketones is 2. The Kier molecular flexibility index (Phi) is 4.10. The van der Waals surface area contributed by atoms with Gasteiger partial charge < -0.3 is 0 Å². The Morgan fingerprint density at radius 1 is 0.955 bits per heavy atom. The van der Waals surface area contributed by atoms with Crippen molar-refractivity contribution >= 4 is 40.5 Å². The monoisotopic (exact) mass is 331 g/mol. The van der Waals surface area contributed by atoms with E-state index < -0.39 is 0 Å². The van der Waals surface area contributed by atoms with Gasteiger partial charge in [-0.1, -0.05) is 53.5 Å². The molecule has 0 N–H and O–H groups in total. The van der Waals surface area contributed by atoms with Crippen LogP contribution in [0, 0.1) is 0 Å². The molecule has 5 heteroatoms. The van der Waals surface area contributed by atoms with Crippen LogP contribution in [0.25, 0.3) is 0 Å². The lowest BCUT2D eigenvalue weighted by Gasteiger charge is -2.15. The Balaban J connectivity index is 1.88. The van der Waals surface area contributed by atoms with E-state index in [0.717, 1.165) is 5.56 Å². The molecule has 0 unspecified atom stereocenters. The van der Waals surface area contributed by atoms with E-state index in [1.807, 2.05) is 0 Å². The molecule has 0 saturated carbocycles. The minimum atomic E-state index is -0.185. The number of fused-ring (bicyclic) bond motifs is 1. The number of hydrogen-bond acceptors (Lipinski definition) is 3. The van der Waals surface area contributed by atoms with Crippen molar-refractivity contribution in [2.45, 2.75) is 13.0 Å². The van der Waals surface area contributed by atoms with E-state index in [9.17, 15) is 9.59 Å². The highest BCUT2D eigenvalue weighted by Gasteiger charge is 2.28. The van der Waals surface area contributed by atoms with E-state index in [1.165, 1.54) is 0 Å². The molecule has 0 amide bonds. The van der Waals surface area contributed by atoms with Crippen LogP contribution in [0.1, 0.15) is 32.7 Å². The smallest absolute Gasteiger partial charge is 0.207 e. The third-order valence-electron chi connectivity index (χ3n) is 3.50. The van der Waals surface area contributed by atoms with Gasteiger partial charge in [0.15, 0.2) is 5.78 Å². The Bertz CT molecular complexity index is 812. The van der Waals surface area contributed by atoms with Crippen LogP contribution in [-0.4, -0.2) is 17.3 Å². The largest absolute Gasteiger partial charge is 0.294 e. The Hall–Kier alpha value is -1.97. The number of halogens is 2. The van der Waals surface area contributed by atoms with Gasteiger partial charge in [-0.25, -0.2) is 0 Å². The topological polar surface area (TPSA) is 46.5 Å². The van der Waals surface area contributed by atoms with Gasteiger partial charge in [-0.15, -0.1) is 0 Å². The zero-order chi connectivity index (χ0) is 15.7. The summed E-state index contributed by atoms with van der Waals surface area (Å²) in [6.45, 7) is 0.285. The first kappa shape index (κ1) is 14.9. The highest BCUT2D eigenvalue weighted by molar-refractivity contribution is 6.52. The van der Waals surface area contributed by atoms with Crippen LogP contribution >= 0.6 is 23.2 Å². The highest BCUT2D eigenvalue weighted by atomic mass is 35.5. The number of benzene rings is 2. The van der Waals surface area contributed by atoms with Crippen molar-refractivity contribution in [1.29, 1.82) is 0 Å². The van der Waals surface area contributed by atoms with Gasteiger partial charge in [0.25, 0.3) is 0 Å². The molecule has 0 radical (unpaired) electrons. The molecule has 1 aliphatic rings. The molecule has 3 nitrogen and oxygen atoms in total. The summed E-state index contributed by atoms with van der Waals surface area (Å²) in [5.74, 6) is -0.265. The van der Waals surface area contributed by atoms with Crippen molar-refractivity contribution in [2.24, 2.45) is 4.99 Å². The SMILES string of the molecule is O=C1CC(=NCc2ccc(Cl)c(Cl)c2)C(=O)c2ccccc21. The van der Waals surface area contributed by atoms with Gasteiger partial charge in [0.1, 0.15) is 0 Å². The van der Waals surface area contributed by atoms with E-state index in [-0.39, 0.29) is 30.2 Å². The number of hydrogen-bond donors (Lipinski definition) is 0. The summed E-state index contributed by atoms with van der Waals surface area (Å²) in [5, 5.41) is 0.909. The van der Waals surface area contributed by atoms with E-state index >= 15 is 0 Å². The van der Waals surface area contributed by atoms with Crippen LogP contribution in [0.15, 0.2) is 47.5 Å². The molecule has 22 heavy (non-hydrogen) atoms. The van der Waals surface area contributed by atoms with Gasteiger partial charge in [-0.3, -0.25) is 14.6 Å². The summed E-state index contributed by atoms with van der Waals surface area (Å²) in [4.78, 5) is 28.8. The summed E-state index contributed by atoms with van der Waals surface area (Å²) in [6.07, 6.45) is 0.0389. The second-order valence-electron chi connectivity index (χ2n) is 4.99. The third-order valence-corrected chi connectivity index (χ3v) is 4.24. The van der Waals surface area contributed by atoms with Crippen molar-refractivity contribution in [2.75, 3.05) is 0 Å². The predicted molar refractivity (Wildman–Crippen MR) is 87.3 cm³/mol. The zero-order valence-electron chi connectivity index (χ0n) is 11.5. The minimum absolute atomic E-state index is 0.0389. The summed E-state index contributed by atoms with van der Waals surface area (Å²) in [7, 11) is 0. The lowest BCUT2D eigenvalue weighted by Crippen LogP contribution is -2.27. The molecule has 3 rings (SSSR count). The third kappa shape index (κ3) is 2.82. The van der Waals surface area contributed by atoms with E-state index in [4.69, 9.17) is 23.2 Å². The maximum atomic E-state index is 12.4. The fourth-order valence-corrected chi connectivity index (χ4v) is 2.68. The van der Waals surface area contributed by atoms with Crippen LogP contribution in [0.5, 0.6) is 0 Å². The molecule has 2 aromatic rings. The Morgan fingerprint density at radius 2 is 1.68 bits per heavy atom. The van der Waals surface area contributed by atoms with Crippen molar-refractivity contribution in [3.8, 4) is 0 Å². The second-order valence-corrected chi connectivity index (χ2v) is 5.80. The quantitative estimate of drug-likeness (QED) is 0.818. The standard InChI is InChI=1S/C17H11Cl2NO2/c18-13-6-5-10(7-14(13)19)9-20-15-8-16(21)11-3-1-2-4-12(11)17(15)22/h1-7H,8-9H2. The molecule has 0 heterocycles. The first-order chi connectivity index (χ1) is 10.6. The van der Waals surface area contributed by atoms with E-state index in [1.54, 1.807) is 42.5 Å². The average molecular weight is 332 g/mol. The fourth-order valence-electron chi connectivity index (χ4n) is 2.36. The molecular weight excluding hydrogens is 321 g/mol. The first-order valence-corrected chi connectivity index (χ1v) is 7.46. The second kappa shape index (κ2) is 6.03. The number of aliphatic imine (C=N–C) groups is 1. The molecule has 110 valence electrons. The number of rotatable bonds is 2. The first-order valence-electron chi connectivity index (χ1n) is 6.70. The van der Waals surface area contributed by atoms with E-state index in [2.05, 4.69) is 4.99 Å². The molecular formula is C17H11Cl2NO2. The predicted octanol–water partition coefficient (Wildman–Crippen LogP) is 4.40. The van der Waals surface area contributed by atoms with Gasteiger partial charge in [0, 0.05) is 11.1 Å². The molecule has 0 aliphatic heterocycles. The van der Waals surface area contributed by atoms with Crippen molar-refractivity contribution in [1.82, 2.24) is 0 Å². The fraction of sp³-hybridized carbons (Fsp3) is 0.118. The van der Waals surface area contributed by atoms with Gasteiger partial charge in [-0.2, -0.15) is 0 Å². The summed E-state index contributed by atoms with van der Waals surface area (Å²) >= 11 is 11.8. The van der Waals surface area contributed by atoms with Crippen LogP contribution in [-0.2, 0) is 6.54 Å². The van der Waals surface area contributed by atoms with Gasteiger partial charge in [-0.05, 0) is 17.7 Å². The van der Waals surface area contributed by atoms with Crippen LogP contribution in [0.3, 0.4) is 0 Å². The lowest BCUT2D eigenvalue weighted by atomic mass is 9.88. The van der Waals surface area contributed by atoms with Crippen molar-refractivity contribution < 1.29 is 9.59 Å². The van der Waals surface area contributed by atoms with Crippen LogP contribution in [0.2, 0.25) is 10.0 Å². The molecule has 0 spiro atoms. The average Bonchev–Trinajstić information content (AvgIpc) is 2.53. The maximum absolute atomic E-state index is 12.4. The van der Waals surface area contributed by atoms with Crippen LogP contribution < -0.4 is 0 Å². The summed E-state index contributed by atoms with van der Waals surface area (Å²) in [6, 6.07) is 12.0. The molecule has 2 aromatic carbocycles. The van der Waals surface area contributed by atoms with Crippen LogP contribution in [0.4, 0.5) is 0 Å². The summed E-state index contributed by atoms with van der Waals surface area (Å²) < 4.78 is 0. The minimum Gasteiger partial charge on any atom is -0.294 e. The van der Waals surface area contributed by atoms with Crippen molar-refractivity contribution in [3.63, 3.8) is 0 Å². The number of carbonyl (C=O) groups is 2. The molecule has 0 aromatic heterocycles. The van der Waals surface area contributed by atoms with E-state index in [0.29, 0.717) is 21.2 Å². The van der Waals surface area contributed by atoms with Gasteiger partial charge in [0.2, 0.25) is 5.78 Å².